The van der Waals surface area contributed by atoms with Crippen molar-refractivity contribution in [2.24, 2.45) is 10.7 Å². The van der Waals surface area contributed by atoms with Gasteiger partial charge in [0.1, 0.15) is 18.6 Å². The Morgan fingerprint density at radius 2 is 2.00 bits per heavy atom. The van der Waals surface area contributed by atoms with Crippen LogP contribution in [0.15, 0.2) is 65.9 Å². The Morgan fingerprint density at radius 1 is 1.19 bits per heavy atom. The monoisotopic (exact) mass is 348 g/mol. The van der Waals surface area contributed by atoms with Crippen molar-refractivity contribution < 1.29 is 4.74 Å². The van der Waals surface area contributed by atoms with E-state index in [-0.39, 0.29) is 6.04 Å². The van der Waals surface area contributed by atoms with E-state index < -0.39 is 0 Å². The molecule has 0 fully saturated rings. The highest BCUT2D eigenvalue weighted by Crippen LogP contribution is 2.31. The molecule has 0 amide bonds. The van der Waals surface area contributed by atoms with Gasteiger partial charge in [-0.25, -0.2) is 4.99 Å². The highest BCUT2D eigenvalue weighted by atomic mass is 16.5. The summed E-state index contributed by atoms with van der Waals surface area (Å²) in [6.07, 6.45) is 2.52. The summed E-state index contributed by atoms with van der Waals surface area (Å²) in [5.74, 6) is 2.01. The molecule has 7 nitrogen and oxygen atoms in total. The van der Waals surface area contributed by atoms with Crippen LogP contribution >= 0.6 is 0 Å². The van der Waals surface area contributed by atoms with Gasteiger partial charge in [0.25, 0.3) is 0 Å². The van der Waals surface area contributed by atoms with Crippen LogP contribution < -0.4 is 15.8 Å². The number of nitrogens with one attached hydrogen (secondary N) is 1. The number of hydrogen-bond donors (Lipinski definition) is 2. The normalized spacial score (nSPS) is 16.6. The quantitative estimate of drug-likeness (QED) is 0.557. The van der Waals surface area contributed by atoms with E-state index in [9.17, 15) is 0 Å². The fourth-order valence-corrected chi connectivity index (χ4v) is 3.04. The molecule has 1 aliphatic heterocycles. The Morgan fingerprint density at radius 3 is 2.88 bits per heavy atom. The van der Waals surface area contributed by atoms with Gasteiger partial charge in [-0.15, -0.1) is 10.2 Å². The van der Waals surface area contributed by atoms with Crippen LogP contribution in [0.5, 0.6) is 5.75 Å². The number of rotatable bonds is 4. The summed E-state index contributed by atoms with van der Waals surface area (Å²) in [6.45, 7) is 1.00. The summed E-state index contributed by atoms with van der Waals surface area (Å²) >= 11 is 0. The van der Waals surface area contributed by atoms with Crippen molar-refractivity contribution in [2.45, 2.75) is 19.0 Å². The number of hydrogen-bond acceptors (Lipinski definition) is 4. The minimum atomic E-state index is 0.0932. The van der Waals surface area contributed by atoms with Crippen molar-refractivity contribution in [3.63, 3.8) is 0 Å². The lowest BCUT2D eigenvalue weighted by Gasteiger charge is -2.26. The molecule has 0 saturated carbocycles. The lowest BCUT2D eigenvalue weighted by atomic mass is 10.0. The van der Waals surface area contributed by atoms with Crippen molar-refractivity contribution in [1.82, 2.24) is 20.1 Å². The zero-order chi connectivity index (χ0) is 17.8. The van der Waals surface area contributed by atoms with Gasteiger partial charge in [0.2, 0.25) is 0 Å². The van der Waals surface area contributed by atoms with Gasteiger partial charge in [0.15, 0.2) is 11.8 Å². The van der Waals surface area contributed by atoms with Crippen LogP contribution in [-0.2, 0) is 6.54 Å². The molecule has 4 rings (SSSR count). The number of nitrogens with two attached hydrogens (primary N) is 1. The summed E-state index contributed by atoms with van der Waals surface area (Å²) < 4.78 is 7.58. The molecular weight excluding hydrogens is 328 g/mol. The van der Waals surface area contributed by atoms with Gasteiger partial charge >= 0.3 is 0 Å². The van der Waals surface area contributed by atoms with E-state index in [0.29, 0.717) is 19.1 Å². The first-order valence-corrected chi connectivity index (χ1v) is 8.54. The molecule has 2 heterocycles. The number of aromatic nitrogens is 3. The SMILES string of the molecule is NC(=NCc1nncn1-c1ccccc1)NC1CCOc2ccccc21. The highest BCUT2D eigenvalue weighted by Gasteiger charge is 2.21. The number of fused-ring (bicyclic) bond motifs is 1. The average Bonchev–Trinajstić information content (AvgIpc) is 3.16. The number of nitrogens with zero attached hydrogens (tertiary/aromatic N) is 4. The number of guanidine groups is 1. The van der Waals surface area contributed by atoms with Crippen molar-refractivity contribution in [3.05, 3.63) is 72.3 Å². The van der Waals surface area contributed by atoms with Gasteiger partial charge in [-0.3, -0.25) is 4.57 Å². The van der Waals surface area contributed by atoms with Crippen molar-refractivity contribution in [3.8, 4) is 11.4 Å². The molecule has 7 heteroatoms. The van der Waals surface area contributed by atoms with Crippen LogP contribution in [0.25, 0.3) is 5.69 Å². The molecule has 0 aliphatic carbocycles. The van der Waals surface area contributed by atoms with Crippen LogP contribution in [0.4, 0.5) is 0 Å². The first-order valence-electron chi connectivity index (χ1n) is 8.54. The van der Waals surface area contributed by atoms with Gasteiger partial charge in [-0.1, -0.05) is 36.4 Å². The van der Waals surface area contributed by atoms with E-state index in [0.717, 1.165) is 29.2 Å². The number of para-hydroxylation sites is 2. The van der Waals surface area contributed by atoms with Gasteiger partial charge < -0.3 is 15.8 Å². The minimum absolute atomic E-state index is 0.0932. The number of benzene rings is 2. The molecule has 1 atom stereocenters. The number of aliphatic imine (C=N–C) groups is 1. The molecule has 0 radical (unpaired) electrons. The molecule has 0 spiro atoms. The van der Waals surface area contributed by atoms with E-state index >= 15 is 0 Å². The Kier molecular flexibility index (Phi) is 4.51. The molecule has 2 aromatic carbocycles. The van der Waals surface area contributed by atoms with Gasteiger partial charge in [-0.2, -0.15) is 0 Å². The zero-order valence-electron chi connectivity index (χ0n) is 14.2. The molecule has 1 aromatic heterocycles. The van der Waals surface area contributed by atoms with E-state index in [4.69, 9.17) is 10.5 Å². The first-order chi connectivity index (χ1) is 12.8. The highest BCUT2D eigenvalue weighted by molar-refractivity contribution is 5.78. The summed E-state index contributed by atoms with van der Waals surface area (Å²) in [7, 11) is 0. The lowest BCUT2D eigenvalue weighted by molar-refractivity contribution is 0.262. The summed E-state index contributed by atoms with van der Waals surface area (Å²) in [6, 6.07) is 18.0. The maximum absolute atomic E-state index is 6.11. The van der Waals surface area contributed by atoms with E-state index in [2.05, 4.69) is 20.5 Å². The summed E-state index contributed by atoms with van der Waals surface area (Å²) in [5, 5.41) is 11.4. The van der Waals surface area contributed by atoms with Crippen molar-refractivity contribution in [1.29, 1.82) is 0 Å². The summed E-state index contributed by atoms with van der Waals surface area (Å²) in [5.41, 5.74) is 8.20. The third kappa shape index (κ3) is 3.37. The molecule has 3 N–H and O–H groups in total. The Labute approximate surface area is 151 Å². The smallest absolute Gasteiger partial charge is 0.189 e. The fraction of sp³-hybridized carbons (Fsp3) is 0.211. The first kappa shape index (κ1) is 16.1. The average molecular weight is 348 g/mol. The Bertz CT molecular complexity index is 905. The molecule has 132 valence electrons. The van der Waals surface area contributed by atoms with Crippen LogP contribution in [0.2, 0.25) is 0 Å². The molecule has 0 bridgehead atoms. The molecule has 0 saturated heterocycles. The van der Waals surface area contributed by atoms with Crippen LogP contribution in [0, 0.1) is 0 Å². The molecule has 1 unspecified atom stereocenters. The maximum atomic E-state index is 6.11. The topological polar surface area (TPSA) is 90.4 Å². The molecular formula is C19H20N6O. The fourth-order valence-electron chi connectivity index (χ4n) is 3.04. The van der Waals surface area contributed by atoms with Gasteiger partial charge in [-0.05, 0) is 18.2 Å². The minimum Gasteiger partial charge on any atom is -0.493 e. The molecule has 26 heavy (non-hydrogen) atoms. The summed E-state index contributed by atoms with van der Waals surface area (Å²) in [4.78, 5) is 4.44. The second-order valence-electron chi connectivity index (χ2n) is 6.03. The zero-order valence-corrected chi connectivity index (χ0v) is 14.2. The van der Waals surface area contributed by atoms with Crippen LogP contribution in [0.1, 0.15) is 23.9 Å². The van der Waals surface area contributed by atoms with Crippen molar-refractivity contribution in [2.75, 3.05) is 6.61 Å². The third-order valence-electron chi connectivity index (χ3n) is 4.32. The largest absolute Gasteiger partial charge is 0.493 e. The second kappa shape index (κ2) is 7.26. The van der Waals surface area contributed by atoms with E-state index in [1.165, 1.54) is 0 Å². The van der Waals surface area contributed by atoms with Crippen molar-refractivity contribution >= 4 is 5.96 Å². The van der Waals surface area contributed by atoms with Gasteiger partial charge in [0, 0.05) is 17.7 Å². The van der Waals surface area contributed by atoms with Gasteiger partial charge in [0.05, 0.1) is 12.6 Å². The van der Waals surface area contributed by atoms with Crippen LogP contribution in [0.3, 0.4) is 0 Å². The van der Waals surface area contributed by atoms with E-state index in [1.54, 1.807) is 6.33 Å². The Hall–Kier alpha value is -3.35. The Balaban J connectivity index is 1.47. The standard InChI is InChI=1S/C19H20N6O/c20-19(23-16-10-11-26-17-9-5-4-8-15(16)17)21-12-18-24-22-13-25(18)14-6-2-1-3-7-14/h1-9,13,16H,10-12H2,(H3,20,21,23). The lowest BCUT2D eigenvalue weighted by Crippen LogP contribution is -2.37. The predicted molar refractivity (Wildman–Crippen MR) is 99.1 cm³/mol. The van der Waals surface area contributed by atoms with Crippen LogP contribution in [-0.4, -0.2) is 27.3 Å². The molecule has 3 aromatic rings. The second-order valence-corrected chi connectivity index (χ2v) is 6.03. The maximum Gasteiger partial charge on any atom is 0.189 e. The third-order valence-corrected chi connectivity index (χ3v) is 4.32. The predicted octanol–water partition coefficient (Wildman–Crippen LogP) is 2.20. The number of ether oxygens (including phenoxy) is 1. The molecule has 1 aliphatic rings. The van der Waals surface area contributed by atoms with E-state index in [1.807, 2.05) is 59.2 Å².